The van der Waals surface area contributed by atoms with Crippen molar-refractivity contribution in [2.24, 2.45) is 0 Å². The van der Waals surface area contributed by atoms with Crippen LogP contribution in [0.15, 0.2) is 30.3 Å². The number of carbonyl (C=O) groups is 1. The largest absolute Gasteiger partial charge is 0.478 e. The van der Waals surface area contributed by atoms with E-state index >= 15 is 0 Å². The van der Waals surface area contributed by atoms with Crippen molar-refractivity contribution in [3.05, 3.63) is 58.1 Å². The molecule has 0 aromatic heterocycles. The number of carboxylic acids is 1. The van der Waals surface area contributed by atoms with Gasteiger partial charge in [-0.25, -0.2) is 4.79 Å². The fourth-order valence-corrected chi connectivity index (χ4v) is 2.51. The van der Waals surface area contributed by atoms with Crippen molar-refractivity contribution in [1.29, 1.82) is 0 Å². The van der Waals surface area contributed by atoms with E-state index in [-0.39, 0.29) is 24.5 Å². The summed E-state index contributed by atoms with van der Waals surface area (Å²) in [5, 5.41) is 26.6. The van der Waals surface area contributed by atoms with E-state index in [1.807, 2.05) is 19.1 Å². The molecule has 0 radical (unpaired) electrons. The molecule has 0 heterocycles. The highest BCUT2D eigenvalue weighted by atomic mass is 16.4. The van der Waals surface area contributed by atoms with Crippen LogP contribution in [0.3, 0.4) is 0 Å². The first-order valence-electron chi connectivity index (χ1n) is 8.10. The SMILES string of the molecule is CCc1cc(CO)cc(N)c1C(=O)O.CCc1cc(N)cc(CO)c1. The predicted octanol–water partition coefficient (Wildman–Crippen LogP) is 2.35. The van der Waals surface area contributed by atoms with E-state index in [1.54, 1.807) is 12.1 Å². The zero-order chi connectivity index (χ0) is 19.0. The molecule has 7 N–H and O–H groups in total. The molecule has 0 aliphatic heterocycles. The normalized spacial score (nSPS) is 10.1. The number of aliphatic hydroxyl groups is 2. The lowest BCUT2D eigenvalue weighted by molar-refractivity contribution is 0.0697. The van der Waals surface area contributed by atoms with E-state index in [4.69, 9.17) is 26.8 Å². The second-order valence-electron chi connectivity index (χ2n) is 5.63. The van der Waals surface area contributed by atoms with Gasteiger partial charge in [-0.1, -0.05) is 26.0 Å². The topological polar surface area (TPSA) is 130 Å². The maximum absolute atomic E-state index is 10.9. The van der Waals surface area contributed by atoms with Gasteiger partial charge in [0.25, 0.3) is 0 Å². The highest BCUT2D eigenvalue weighted by Crippen LogP contribution is 2.20. The number of anilines is 2. The van der Waals surface area contributed by atoms with Crippen LogP contribution < -0.4 is 11.5 Å². The summed E-state index contributed by atoms with van der Waals surface area (Å²) in [5.41, 5.74) is 15.6. The van der Waals surface area contributed by atoms with Gasteiger partial charge in [0.15, 0.2) is 0 Å². The van der Waals surface area contributed by atoms with Crippen LogP contribution in [-0.2, 0) is 26.1 Å². The number of aromatic carboxylic acids is 1. The Morgan fingerprint density at radius 3 is 1.92 bits per heavy atom. The molecule has 0 amide bonds. The van der Waals surface area contributed by atoms with Crippen molar-refractivity contribution in [2.75, 3.05) is 11.5 Å². The Labute approximate surface area is 147 Å². The van der Waals surface area contributed by atoms with E-state index in [9.17, 15) is 4.79 Å². The molecular formula is C19H26N2O4. The molecule has 2 aromatic rings. The lowest BCUT2D eigenvalue weighted by Crippen LogP contribution is -2.07. The monoisotopic (exact) mass is 346 g/mol. The molecule has 6 nitrogen and oxygen atoms in total. The van der Waals surface area contributed by atoms with Crippen molar-refractivity contribution in [1.82, 2.24) is 0 Å². The second-order valence-corrected chi connectivity index (χ2v) is 5.63. The molecule has 0 unspecified atom stereocenters. The van der Waals surface area contributed by atoms with Gasteiger partial charge in [0.2, 0.25) is 0 Å². The Balaban J connectivity index is 0.000000257. The van der Waals surface area contributed by atoms with Gasteiger partial charge in [0, 0.05) is 11.4 Å². The summed E-state index contributed by atoms with van der Waals surface area (Å²) >= 11 is 0. The van der Waals surface area contributed by atoms with Gasteiger partial charge >= 0.3 is 5.97 Å². The first kappa shape index (κ1) is 20.5. The van der Waals surface area contributed by atoms with Crippen LogP contribution in [0.1, 0.15) is 46.5 Å². The molecule has 0 saturated carbocycles. The fourth-order valence-electron chi connectivity index (χ4n) is 2.51. The lowest BCUT2D eigenvalue weighted by Gasteiger charge is -2.09. The third-order valence-electron chi connectivity index (χ3n) is 3.75. The molecule has 25 heavy (non-hydrogen) atoms. The van der Waals surface area contributed by atoms with Crippen molar-refractivity contribution in [2.45, 2.75) is 39.9 Å². The number of nitrogen functional groups attached to an aromatic ring is 2. The highest BCUT2D eigenvalue weighted by Gasteiger charge is 2.13. The van der Waals surface area contributed by atoms with Crippen LogP contribution in [0, 0.1) is 0 Å². The van der Waals surface area contributed by atoms with Crippen molar-refractivity contribution >= 4 is 17.3 Å². The first-order chi connectivity index (χ1) is 11.9. The van der Waals surface area contributed by atoms with Gasteiger partial charge in [-0.15, -0.1) is 0 Å². The predicted molar refractivity (Wildman–Crippen MR) is 99.3 cm³/mol. The van der Waals surface area contributed by atoms with Crippen LogP contribution >= 0.6 is 0 Å². The van der Waals surface area contributed by atoms with Gasteiger partial charge < -0.3 is 26.8 Å². The molecule has 0 saturated heterocycles. The molecule has 0 fully saturated rings. The smallest absolute Gasteiger partial charge is 0.338 e. The number of aryl methyl sites for hydroxylation is 2. The Morgan fingerprint density at radius 1 is 0.880 bits per heavy atom. The minimum absolute atomic E-state index is 0.0675. The molecule has 0 atom stereocenters. The van der Waals surface area contributed by atoms with E-state index in [0.717, 1.165) is 17.7 Å². The second kappa shape index (κ2) is 9.66. The summed E-state index contributed by atoms with van der Waals surface area (Å²) in [6.07, 6.45) is 1.54. The van der Waals surface area contributed by atoms with Crippen molar-refractivity contribution in [3.8, 4) is 0 Å². The quantitative estimate of drug-likeness (QED) is 0.528. The van der Waals surface area contributed by atoms with Crippen molar-refractivity contribution in [3.63, 3.8) is 0 Å². The standard InChI is InChI=1S/C10H13NO3.C9H13NO/c1-2-7-3-6(5-12)4-8(11)9(7)10(13)14;1-2-7-3-8(6-11)5-9(10)4-7/h3-4,12H,2,5,11H2,1H3,(H,13,14);3-5,11H,2,6,10H2,1H3. The van der Waals surface area contributed by atoms with E-state index in [0.29, 0.717) is 17.5 Å². The number of nitrogens with two attached hydrogens (primary N) is 2. The summed E-state index contributed by atoms with van der Waals surface area (Å²) < 4.78 is 0. The minimum atomic E-state index is -1.02. The summed E-state index contributed by atoms with van der Waals surface area (Å²) in [5.74, 6) is -1.02. The molecule has 0 aliphatic rings. The van der Waals surface area contributed by atoms with Gasteiger partial charge in [-0.2, -0.15) is 0 Å². The van der Waals surface area contributed by atoms with Crippen LogP contribution in [0.2, 0.25) is 0 Å². The van der Waals surface area contributed by atoms with E-state index in [1.165, 1.54) is 11.6 Å². The Kier molecular flexibility index (Phi) is 7.91. The Morgan fingerprint density at radius 2 is 1.44 bits per heavy atom. The van der Waals surface area contributed by atoms with E-state index in [2.05, 4.69) is 6.92 Å². The summed E-state index contributed by atoms with van der Waals surface area (Å²) in [7, 11) is 0. The van der Waals surface area contributed by atoms with Crippen LogP contribution in [0.5, 0.6) is 0 Å². The molecule has 2 rings (SSSR count). The zero-order valence-electron chi connectivity index (χ0n) is 14.6. The first-order valence-corrected chi connectivity index (χ1v) is 8.10. The fraction of sp³-hybridized carbons (Fsp3) is 0.316. The summed E-state index contributed by atoms with van der Waals surface area (Å²) in [6.45, 7) is 3.85. The zero-order valence-corrected chi connectivity index (χ0v) is 14.6. The average Bonchev–Trinajstić information content (AvgIpc) is 2.60. The van der Waals surface area contributed by atoms with Gasteiger partial charge in [0.1, 0.15) is 0 Å². The van der Waals surface area contributed by atoms with Crippen LogP contribution in [-0.4, -0.2) is 21.3 Å². The Bertz CT molecular complexity index is 707. The highest BCUT2D eigenvalue weighted by molar-refractivity contribution is 5.95. The molecule has 2 aromatic carbocycles. The molecule has 136 valence electrons. The van der Waals surface area contributed by atoms with Crippen LogP contribution in [0.4, 0.5) is 11.4 Å². The molecule has 0 spiro atoms. The summed E-state index contributed by atoms with van der Waals surface area (Å²) in [6, 6.07) is 8.84. The third-order valence-corrected chi connectivity index (χ3v) is 3.75. The van der Waals surface area contributed by atoms with Gasteiger partial charge in [-0.3, -0.25) is 0 Å². The van der Waals surface area contributed by atoms with Crippen LogP contribution in [0.25, 0.3) is 0 Å². The lowest BCUT2D eigenvalue weighted by atomic mass is 10.00. The molecular weight excluding hydrogens is 320 g/mol. The van der Waals surface area contributed by atoms with E-state index < -0.39 is 5.97 Å². The van der Waals surface area contributed by atoms with Gasteiger partial charge in [0.05, 0.1) is 18.8 Å². The number of hydrogen-bond donors (Lipinski definition) is 5. The maximum Gasteiger partial charge on any atom is 0.338 e. The number of hydrogen-bond acceptors (Lipinski definition) is 5. The van der Waals surface area contributed by atoms with Crippen molar-refractivity contribution < 1.29 is 20.1 Å². The molecule has 0 bridgehead atoms. The molecule has 6 heteroatoms. The maximum atomic E-state index is 10.9. The average molecular weight is 346 g/mol. The van der Waals surface area contributed by atoms with Gasteiger partial charge in [-0.05, 0) is 53.3 Å². The minimum Gasteiger partial charge on any atom is -0.478 e. The number of rotatable bonds is 5. The number of aliphatic hydroxyl groups excluding tert-OH is 2. The number of carboxylic acid groups (broad SMARTS) is 1. The molecule has 0 aliphatic carbocycles. The Hall–Kier alpha value is -2.57. The number of benzene rings is 2. The summed E-state index contributed by atoms with van der Waals surface area (Å²) in [4.78, 5) is 10.9. The third kappa shape index (κ3) is 5.77.